The van der Waals surface area contributed by atoms with E-state index in [1.54, 1.807) is 50.2 Å². The van der Waals surface area contributed by atoms with Gasteiger partial charge < -0.3 is 15.6 Å². The Morgan fingerprint density at radius 1 is 1.22 bits per heavy atom. The smallest absolute Gasteiger partial charge is 0.369 e. The predicted octanol–water partition coefficient (Wildman–Crippen LogP) is 2.48. The summed E-state index contributed by atoms with van der Waals surface area (Å²) in [4.78, 5) is 29.1. The van der Waals surface area contributed by atoms with Crippen molar-refractivity contribution in [2.45, 2.75) is 52.0 Å². The number of esters is 1. The fourth-order valence-corrected chi connectivity index (χ4v) is 4.16. The fraction of sp³-hybridized carbons (Fsp3) is 0.400. The minimum atomic E-state index is -0.765. The van der Waals surface area contributed by atoms with Gasteiger partial charge in [-0.2, -0.15) is 5.10 Å². The molecule has 1 saturated carbocycles. The van der Waals surface area contributed by atoms with Crippen LogP contribution in [-0.4, -0.2) is 54.1 Å². The first-order chi connectivity index (χ1) is 17.1. The summed E-state index contributed by atoms with van der Waals surface area (Å²) in [6.45, 7) is 5.97. The lowest BCUT2D eigenvalue weighted by Crippen LogP contribution is -2.41. The van der Waals surface area contributed by atoms with E-state index >= 15 is 0 Å². The number of ether oxygens (including phenoxy) is 1. The Balaban J connectivity index is 1.50. The summed E-state index contributed by atoms with van der Waals surface area (Å²) in [5.74, 6) is -0.0209. The third-order valence-electron chi connectivity index (χ3n) is 6.46. The van der Waals surface area contributed by atoms with Crippen LogP contribution in [0.15, 0.2) is 48.1 Å². The van der Waals surface area contributed by atoms with Crippen molar-refractivity contribution < 1.29 is 14.6 Å². The molecular weight excluding hydrogens is 460 g/mol. The quantitative estimate of drug-likeness (QED) is 0.211. The van der Waals surface area contributed by atoms with Gasteiger partial charge in [-0.15, -0.1) is 4.99 Å². The summed E-state index contributed by atoms with van der Waals surface area (Å²) in [5.41, 5.74) is 7.06. The van der Waals surface area contributed by atoms with Gasteiger partial charge in [0.15, 0.2) is 0 Å². The highest BCUT2D eigenvalue weighted by Crippen LogP contribution is 2.45. The largest absolute Gasteiger partial charge is 0.578 e. The summed E-state index contributed by atoms with van der Waals surface area (Å²) in [6.07, 6.45) is 10.7. The number of hydrogen-bond acceptors (Lipinski definition) is 8. The van der Waals surface area contributed by atoms with Crippen molar-refractivity contribution in [1.82, 2.24) is 24.7 Å². The Labute approximate surface area is 209 Å². The highest BCUT2D eigenvalue weighted by Gasteiger charge is 2.44. The molecule has 0 saturated heterocycles. The Hall–Kier alpha value is -4.15. The van der Waals surface area contributed by atoms with Crippen molar-refractivity contribution in [1.29, 1.82) is 5.41 Å². The Morgan fingerprint density at radius 2 is 1.94 bits per heavy atom. The molecule has 0 atom stereocenters. The van der Waals surface area contributed by atoms with Gasteiger partial charge in [0.1, 0.15) is 11.4 Å². The van der Waals surface area contributed by atoms with Crippen molar-refractivity contribution in [2.75, 3.05) is 12.3 Å². The number of aliphatic imine (C=N–C) groups is 1. The van der Waals surface area contributed by atoms with Gasteiger partial charge >= 0.3 is 11.9 Å². The van der Waals surface area contributed by atoms with Crippen LogP contribution in [0.3, 0.4) is 0 Å². The minimum absolute atomic E-state index is 0.0462. The van der Waals surface area contributed by atoms with Gasteiger partial charge in [-0.3, -0.25) is 19.9 Å². The molecule has 36 heavy (non-hydrogen) atoms. The van der Waals surface area contributed by atoms with Gasteiger partial charge in [-0.1, -0.05) is 12.5 Å². The van der Waals surface area contributed by atoms with E-state index in [1.165, 1.54) is 6.20 Å². The molecule has 0 aromatic carbocycles. The highest BCUT2D eigenvalue weighted by molar-refractivity contribution is 6.04. The molecule has 4 rings (SSSR count). The zero-order valence-electron chi connectivity index (χ0n) is 20.7. The standard InChI is InChI=1S/C25H30N8O3/c1-4-36-22(35)24(2,3)15-33-14-17(12-31-33)20(34)32-21(26)25(8-5-9-25)18-6-7-19(28-13-18)16-10-29-23(27)30-11-16/h6-7,10-14H,4-5,8-9,15H2,1-3H3,(H2,26,32,34)(H2,27,29,30)/p+1. The number of amidine groups is 1. The zero-order valence-corrected chi connectivity index (χ0v) is 20.7. The van der Waals surface area contributed by atoms with Gasteiger partial charge in [0, 0.05) is 30.4 Å². The Kier molecular flexibility index (Phi) is 6.82. The number of nitrogens with zero attached hydrogens (tertiary/aromatic N) is 6. The number of pyridine rings is 1. The number of nitrogen functional groups attached to an aromatic ring is 1. The van der Waals surface area contributed by atoms with Gasteiger partial charge in [0.05, 0.1) is 35.9 Å². The molecule has 1 aliphatic rings. The molecule has 0 amide bonds. The normalized spacial score (nSPS) is 15.2. The second kappa shape index (κ2) is 9.84. The Morgan fingerprint density at radius 3 is 2.53 bits per heavy atom. The van der Waals surface area contributed by atoms with Crippen molar-refractivity contribution in [3.05, 3.63) is 54.2 Å². The Bertz CT molecular complexity index is 1280. The van der Waals surface area contributed by atoms with Gasteiger partial charge in [-0.05, 0) is 45.2 Å². The third kappa shape index (κ3) is 4.95. The maximum absolute atomic E-state index is 12.2. The number of rotatable bonds is 8. The molecule has 11 nitrogen and oxygen atoms in total. The molecule has 3 heterocycles. The second-order valence-corrected chi connectivity index (χ2v) is 9.54. The van der Waals surface area contributed by atoms with Gasteiger partial charge in [-0.25, -0.2) is 9.97 Å². The van der Waals surface area contributed by atoms with E-state index in [-0.39, 0.29) is 23.7 Å². The second-order valence-electron chi connectivity index (χ2n) is 9.54. The summed E-state index contributed by atoms with van der Waals surface area (Å²) in [5, 5.41) is 21.5. The number of nitrogens with two attached hydrogens (primary N) is 1. The topological polar surface area (TPSA) is 168 Å². The lowest BCUT2D eigenvalue weighted by atomic mass is 9.64. The number of anilines is 1. The van der Waals surface area contributed by atoms with E-state index in [2.05, 4.69) is 25.0 Å². The van der Waals surface area contributed by atoms with Crippen LogP contribution in [0, 0.1) is 10.8 Å². The van der Waals surface area contributed by atoms with E-state index in [4.69, 9.17) is 21.0 Å². The SMILES string of the molecule is CCOC(=O)C(C)(C)Cn1cc(C([OH2+])=NC(=N)C2(c3ccc(-c4cnc(N)nc4)nc3)CCC2)cn1. The number of carbonyl (C=O) groups is 1. The van der Waals surface area contributed by atoms with Crippen molar-refractivity contribution in [3.8, 4) is 11.3 Å². The molecule has 188 valence electrons. The maximum Gasteiger partial charge on any atom is 0.369 e. The highest BCUT2D eigenvalue weighted by atomic mass is 16.5. The fourth-order valence-electron chi connectivity index (χ4n) is 4.16. The van der Waals surface area contributed by atoms with Crippen LogP contribution in [0.5, 0.6) is 0 Å². The lowest BCUT2D eigenvalue weighted by molar-refractivity contribution is -0.154. The van der Waals surface area contributed by atoms with E-state index in [1.807, 2.05) is 12.1 Å². The van der Waals surface area contributed by atoms with Crippen molar-refractivity contribution >= 4 is 23.7 Å². The van der Waals surface area contributed by atoms with E-state index in [0.29, 0.717) is 24.4 Å². The molecule has 1 fully saturated rings. The predicted molar refractivity (Wildman–Crippen MR) is 136 cm³/mol. The average molecular weight is 492 g/mol. The van der Waals surface area contributed by atoms with Crippen LogP contribution < -0.4 is 5.73 Å². The molecule has 1 aliphatic carbocycles. The molecule has 0 aliphatic heterocycles. The molecule has 3 aromatic heterocycles. The van der Waals surface area contributed by atoms with Gasteiger partial charge in [0.2, 0.25) is 5.95 Å². The van der Waals surface area contributed by atoms with Crippen LogP contribution in [0.4, 0.5) is 5.95 Å². The van der Waals surface area contributed by atoms with Crippen LogP contribution in [0.2, 0.25) is 0 Å². The van der Waals surface area contributed by atoms with Crippen LogP contribution in [-0.2, 0) is 21.5 Å². The minimum Gasteiger partial charge on any atom is -0.578 e. The maximum atomic E-state index is 12.2. The van der Waals surface area contributed by atoms with Crippen LogP contribution >= 0.6 is 0 Å². The van der Waals surface area contributed by atoms with Crippen LogP contribution in [0.1, 0.15) is 51.2 Å². The molecule has 11 heteroatoms. The lowest BCUT2D eigenvalue weighted by Gasteiger charge is -2.40. The first-order valence-electron chi connectivity index (χ1n) is 11.8. The third-order valence-corrected chi connectivity index (χ3v) is 6.46. The first-order valence-corrected chi connectivity index (χ1v) is 11.8. The van der Waals surface area contributed by atoms with Crippen molar-refractivity contribution in [2.24, 2.45) is 10.4 Å². The van der Waals surface area contributed by atoms with E-state index in [0.717, 1.165) is 30.4 Å². The number of carbonyl (C=O) groups excluding carboxylic acids is 1. The summed E-state index contributed by atoms with van der Waals surface area (Å²) < 4.78 is 6.74. The van der Waals surface area contributed by atoms with Gasteiger partial charge in [0.25, 0.3) is 0 Å². The van der Waals surface area contributed by atoms with E-state index in [9.17, 15) is 4.79 Å². The number of nitrogens with one attached hydrogen (secondary N) is 1. The number of aromatic nitrogens is 5. The van der Waals surface area contributed by atoms with E-state index < -0.39 is 10.8 Å². The van der Waals surface area contributed by atoms with Crippen LogP contribution in [0.25, 0.3) is 11.3 Å². The molecule has 0 radical (unpaired) electrons. The van der Waals surface area contributed by atoms with Crippen molar-refractivity contribution in [3.63, 3.8) is 0 Å². The summed E-state index contributed by atoms with van der Waals surface area (Å²) in [6, 6.07) is 3.82. The zero-order chi connectivity index (χ0) is 25.9. The summed E-state index contributed by atoms with van der Waals surface area (Å²) in [7, 11) is 0. The molecule has 0 spiro atoms. The summed E-state index contributed by atoms with van der Waals surface area (Å²) >= 11 is 0. The first kappa shape index (κ1) is 25.0. The molecule has 3 aromatic rings. The average Bonchev–Trinajstić information content (AvgIpc) is 3.27. The number of hydrogen-bond donors (Lipinski definition) is 2. The monoisotopic (exact) mass is 491 g/mol. The molecule has 0 bridgehead atoms. The molecule has 5 N–H and O–H groups in total. The molecular formula is C25H31N8O3+. The molecule has 0 unspecified atom stereocenters.